The maximum atomic E-state index is 12.9. The van der Waals surface area contributed by atoms with Gasteiger partial charge in [0.05, 0.1) is 25.0 Å². The minimum Gasteiger partial charge on any atom is -0.492 e. The molecular formula is C24H24ClFN2O4S. The number of aryl methyl sites for hydroxylation is 1. The zero-order chi connectivity index (χ0) is 24.0. The van der Waals surface area contributed by atoms with Gasteiger partial charge in [-0.3, -0.25) is 9.10 Å². The van der Waals surface area contributed by atoms with Crippen LogP contribution in [0.1, 0.15) is 21.5 Å². The van der Waals surface area contributed by atoms with Crippen LogP contribution in [0.5, 0.6) is 5.75 Å². The highest BCUT2D eigenvalue weighted by Crippen LogP contribution is 2.26. The zero-order valence-electron chi connectivity index (χ0n) is 18.2. The Morgan fingerprint density at radius 3 is 2.33 bits per heavy atom. The van der Waals surface area contributed by atoms with Crippen molar-refractivity contribution in [1.29, 1.82) is 0 Å². The lowest BCUT2D eigenvalue weighted by Crippen LogP contribution is -2.29. The highest BCUT2D eigenvalue weighted by atomic mass is 35.5. The number of halogens is 2. The van der Waals surface area contributed by atoms with Crippen molar-refractivity contribution in [2.45, 2.75) is 13.5 Å². The van der Waals surface area contributed by atoms with Crippen molar-refractivity contribution in [2.24, 2.45) is 0 Å². The molecule has 33 heavy (non-hydrogen) atoms. The number of rotatable bonds is 9. The Bertz CT molecular complexity index is 1220. The first-order chi connectivity index (χ1) is 15.6. The van der Waals surface area contributed by atoms with Crippen LogP contribution in [0.3, 0.4) is 0 Å². The van der Waals surface area contributed by atoms with Gasteiger partial charge in [-0.05, 0) is 66.6 Å². The molecule has 0 fully saturated rings. The molecule has 0 atom stereocenters. The average Bonchev–Trinajstić information content (AvgIpc) is 2.78. The number of amides is 1. The van der Waals surface area contributed by atoms with Crippen molar-refractivity contribution in [3.8, 4) is 5.75 Å². The smallest absolute Gasteiger partial charge is 0.251 e. The van der Waals surface area contributed by atoms with Crippen molar-refractivity contribution >= 4 is 33.2 Å². The van der Waals surface area contributed by atoms with Crippen molar-refractivity contribution in [1.82, 2.24) is 5.32 Å². The van der Waals surface area contributed by atoms with Gasteiger partial charge >= 0.3 is 0 Å². The Labute approximate surface area is 198 Å². The lowest BCUT2D eigenvalue weighted by Gasteiger charge is -2.23. The lowest BCUT2D eigenvalue weighted by atomic mass is 10.1. The van der Waals surface area contributed by atoms with E-state index in [2.05, 4.69) is 5.32 Å². The van der Waals surface area contributed by atoms with Crippen LogP contribution < -0.4 is 14.4 Å². The van der Waals surface area contributed by atoms with E-state index in [9.17, 15) is 17.6 Å². The van der Waals surface area contributed by atoms with Crippen molar-refractivity contribution in [3.05, 3.63) is 94.3 Å². The van der Waals surface area contributed by atoms with E-state index in [0.717, 1.165) is 11.8 Å². The number of nitrogens with zero attached hydrogens (tertiary/aromatic N) is 1. The topological polar surface area (TPSA) is 75.7 Å². The first-order valence-corrected chi connectivity index (χ1v) is 12.4. The molecule has 9 heteroatoms. The highest BCUT2D eigenvalue weighted by Gasteiger charge is 2.19. The molecule has 1 N–H and O–H groups in total. The predicted octanol–water partition coefficient (Wildman–Crippen LogP) is 4.56. The molecule has 1 amide bonds. The fourth-order valence-corrected chi connectivity index (χ4v) is 4.09. The van der Waals surface area contributed by atoms with E-state index in [-0.39, 0.29) is 31.4 Å². The number of benzene rings is 3. The molecule has 0 saturated heterocycles. The number of hydrogen-bond donors (Lipinski definition) is 1. The standard InChI is InChI=1S/C24H24ClFN2O4S/c1-17-3-10-21(15-23(17)25)28(33(2,30)31)16-18-4-6-19(7-5-18)24(29)27-13-14-32-22-11-8-20(26)9-12-22/h3-12,15H,13-14,16H2,1-2H3,(H,27,29). The molecule has 0 aliphatic heterocycles. The Morgan fingerprint density at radius 2 is 1.73 bits per heavy atom. The quantitative estimate of drug-likeness (QED) is 0.446. The normalized spacial score (nSPS) is 11.2. The van der Waals surface area contributed by atoms with Crippen LogP contribution >= 0.6 is 11.6 Å². The first-order valence-electron chi connectivity index (χ1n) is 10.1. The molecule has 0 aromatic heterocycles. The van der Waals surface area contributed by atoms with Crippen LogP contribution in [0.4, 0.5) is 10.1 Å². The van der Waals surface area contributed by atoms with Gasteiger partial charge in [0, 0.05) is 10.6 Å². The van der Waals surface area contributed by atoms with E-state index < -0.39 is 10.0 Å². The minimum absolute atomic E-state index is 0.103. The molecule has 3 rings (SSSR count). The van der Waals surface area contributed by atoms with Crippen molar-refractivity contribution in [3.63, 3.8) is 0 Å². The number of carbonyl (C=O) groups is 1. The molecule has 0 aliphatic rings. The van der Waals surface area contributed by atoms with Crippen LogP contribution in [0.25, 0.3) is 0 Å². The van der Waals surface area contributed by atoms with Crippen LogP contribution in [-0.2, 0) is 16.6 Å². The fourth-order valence-electron chi connectivity index (χ4n) is 3.03. The predicted molar refractivity (Wildman–Crippen MR) is 128 cm³/mol. The van der Waals surface area contributed by atoms with Crippen molar-refractivity contribution < 1.29 is 22.3 Å². The molecule has 3 aromatic carbocycles. The summed E-state index contributed by atoms with van der Waals surface area (Å²) in [6.07, 6.45) is 1.14. The maximum Gasteiger partial charge on any atom is 0.251 e. The van der Waals surface area contributed by atoms with Crippen LogP contribution in [0.2, 0.25) is 5.02 Å². The van der Waals surface area contributed by atoms with E-state index in [1.54, 1.807) is 42.5 Å². The van der Waals surface area contributed by atoms with E-state index in [1.165, 1.54) is 28.6 Å². The van der Waals surface area contributed by atoms with Gasteiger partial charge in [-0.25, -0.2) is 12.8 Å². The molecule has 0 spiro atoms. The molecule has 0 unspecified atom stereocenters. The first kappa shape index (κ1) is 24.5. The third-order valence-corrected chi connectivity index (χ3v) is 6.40. The van der Waals surface area contributed by atoms with Gasteiger partial charge in [0.15, 0.2) is 0 Å². The molecule has 0 heterocycles. The number of nitrogens with one attached hydrogen (secondary N) is 1. The van der Waals surface area contributed by atoms with Gasteiger partial charge in [0.2, 0.25) is 10.0 Å². The second-order valence-electron chi connectivity index (χ2n) is 7.46. The van der Waals surface area contributed by atoms with E-state index in [0.29, 0.717) is 27.6 Å². The maximum absolute atomic E-state index is 12.9. The van der Waals surface area contributed by atoms with E-state index in [4.69, 9.17) is 16.3 Å². The molecular weight excluding hydrogens is 467 g/mol. The Hall–Kier alpha value is -3.10. The fraction of sp³-hybridized carbons (Fsp3) is 0.208. The summed E-state index contributed by atoms with van der Waals surface area (Å²) in [6.45, 7) is 2.45. The summed E-state index contributed by atoms with van der Waals surface area (Å²) in [5, 5.41) is 3.23. The van der Waals surface area contributed by atoms with Gasteiger partial charge in [-0.1, -0.05) is 29.8 Å². The monoisotopic (exact) mass is 490 g/mol. The van der Waals surface area contributed by atoms with Gasteiger partial charge in [0.25, 0.3) is 5.91 Å². The number of anilines is 1. The molecule has 0 aliphatic carbocycles. The molecule has 0 radical (unpaired) electrons. The number of sulfonamides is 1. The van der Waals surface area contributed by atoms with E-state index in [1.807, 2.05) is 6.92 Å². The largest absolute Gasteiger partial charge is 0.492 e. The zero-order valence-corrected chi connectivity index (χ0v) is 19.8. The second-order valence-corrected chi connectivity index (χ2v) is 9.77. The number of carbonyl (C=O) groups excluding carboxylic acids is 1. The van der Waals surface area contributed by atoms with Gasteiger partial charge in [-0.2, -0.15) is 0 Å². The molecule has 0 saturated carbocycles. The Balaban J connectivity index is 1.59. The third kappa shape index (κ3) is 6.94. The number of ether oxygens (including phenoxy) is 1. The lowest BCUT2D eigenvalue weighted by molar-refractivity contribution is 0.0947. The summed E-state index contributed by atoms with van der Waals surface area (Å²) < 4.78 is 44.3. The van der Waals surface area contributed by atoms with Crippen LogP contribution in [0.15, 0.2) is 66.7 Å². The summed E-state index contributed by atoms with van der Waals surface area (Å²) in [6, 6.07) is 17.4. The minimum atomic E-state index is -3.55. The SMILES string of the molecule is Cc1ccc(N(Cc2ccc(C(=O)NCCOc3ccc(F)cc3)cc2)S(C)(=O)=O)cc1Cl. The van der Waals surface area contributed by atoms with Crippen LogP contribution in [-0.4, -0.2) is 33.7 Å². The second kappa shape index (κ2) is 10.7. The summed E-state index contributed by atoms with van der Waals surface area (Å²) in [7, 11) is -3.55. The van der Waals surface area contributed by atoms with Crippen LogP contribution in [0, 0.1) is 12.7 Å². The van der Waals surface area contributed by atoms with Gasteiger partial charge < -0.3 is 10.1 Å². The summed E-state index contributed by atoms with van der Waals surface area (Å²) >= 11 is 6.17. The Kier molecular flexibility index (Phi) is 7.94. The highest BCUT2D eigenvalue weighted by molar-refractivity contribution is 7.92. The summed E-state index contributed by atoms with van der Waals surface area (Å²) in [5.74, 6) is -0.115. The van der Waals surface area contributed by atoms with Gasteiger partial charge in [-0.15, -0.1) is 0 Å². The summed E-state index contributed by atoms with van der Waals surface area (Å²) in [5.41, 5.74) is 2.47. The van der Waals surface area contributed by atoms with Gasteiger partial charge in [0.1, 0.15) is 18.2 Å². The van der Waals surface area contributed by atoms with E-state index >= 15 is 0 Å². The van der Waals surface area contributed by atoms with Crippen molar-refractivity contribution in [2.75, 3.05) is 23.7 Å². The number of hydrogen-bond acceptors (Lipinski definition) is 4. The molecule has 0 bridgehead atoms. The third-order valence-electron chi connectivity index (χ3n) is 4.86. The molecule has 6 nitrogen and oxygen atoms in total. The molecule has 174 valence electrons. The Morgan fingerprint density at radius 1 is 1.06 bits per heavy atom. The molecule has 3 aromatic rings. The average molecular weight is 491 g/mol. The summed E-state index contributed by atoms with van der Waals surface area (Å²) in [4.78, 5) is 12.3.